The number of alkyl halides is 1. The lowest BCUT2D eigenvalue weighted by Crippen LogP contribution is -2.30. The number of nitrogens with one attached hydrogen (secondary N) is 3. The molecule has 0 aromatic carbocycles. The van der Waals surface area contributed by atoms with Crippen LogP contribution in [0, 0.1) is 0 Å². The average Bonchev–Trinajstić information content (AvgIpc) is 2.18. The van der Waals surface area contributed by atoms with Crippen molar-refractivity contribution in [2.45, 2.75) is 0 Å². The number of halogens is 1. The lowest BCUT2D eigenvalue weighted by molar-refractivity contribution is 0.252. The molecule has 0 saturated heterocycles. The van der Waals surface area contributed by atoms with Crippen LogP contribution in [0.25, 0.3) is 0 Å². The van der Waals surface area contributed by atoms with Crippen LogP contribution < -0.4 is 16.2 Å². The molecule has 0 saturated carbocycles. The number of amides is 2. The summed E-state index contributed by atoms with van der Waals surface area (Å²) < 4.78 is 0. The van der Waals surface area contributed by atoms with Gasteiger partial charge in [0.15, 0.2) is 5.82 Å². The summed E-state index contributed by atoms with van der Waals surface area (Å²) in [6, 6.07) is 2.26. The topological polar surface area (TPSA) is 86.9 Å². The fourth-order valence-electron chi connectivity index (χ4n) is 0.735. The van der Waals surface area contributed by atoms with Crippen LogP contribution in [-0.2, 0) is 0 Å². The normalized spacial score (nSPS) is 9.50. The number of hydrogen-bond acceptors (Lipinski definition) is 3. The number of carbonyl (C=O) groups excluding carboxylic acids is 1. The van der Waals surface area contributed by atoms with Gasteiger partial charge in [0, 0.05) is 18.5 Å². The minimum Gasteiger partial charge on any atom is -0.337 e. The van der Waals surface area contributed by atoms with Crippen LogP contribution in [0.2, 0.25) is 0 Å². The number of nitrogens with zero attached hydrogens (tertiary/aromatic N) is 1. The fourth-order valence-corrected chi connectivity index (χ4v) is 0.830. The van der Waals surface area contributed by atoms with Crippen LogP contribution in [0.3, 0.4) is 0 Å². The van der Waals surface area contributed by atoms with Gasteiger partial charge in [-0.3, -0.25) is 10.1 Å². The predicted molar refractivity (Wildman–Crippen MR) is 52.6 cm³/mol. The lowest BCUT2D eigenvalue weighted by atomic mass is 10.5. The van der Waals surface area contributed by atoms with E-state index < -0.39 is 6.03 Å². The van der Waals surface area contributed by atoms with Crippen molar-refractivity contribution in [3.05, 3.63) is 22.5 Å². The number of aromatic nitrogens is 2. The van der Waals surface area contributed by atoms with Crippen LogP contribution in [0.1, 0.15) is 0 Å². The first-order chi connectivity index (χ1) is 6.72. The molecule has 0 radical (unpaired) electrons. The van der Waals surface area contributed by atoms with Crippen LogP contribution in [-0.4, -0.2) is 28.7 Å². The molecule has 0 aliphatic heterocycles. The lowest BCUT2D eigenvalue weighted by Gasteiger charge is -2.03. The van der Waals surface area contributed by atoms with Crippen molar-refractivity contribution >= 4 is 23.4 Å². The maximum atomic E-state index is 11.0. The van der Waals surface area contributed by atoms with E-state index in [0.29, 0.717) is 12.4 Å². The monoisotopic (exact) mass is 216 g/mol. The van der Waals surface area contributed by atoms with E-state index in [1.165, 1.54) is 12.1 Å². The molecule has 1 aromatic heterocycles. The smallest absolute Gasteiger partial charge is 0.320 e. The van der Waals surface area contributed by atoms with E-state index in [1.54, 1.807) is 0 Å². The maximum Gasteiger partial charge on any atom is 0.320 e. The van der Waals surface area contributed by atoms with Crippen molar-refractivity contribution in [1.29, 1.82) is 0 Å². The highest BCUT2D eigenvalue weighted by atomic mass is 35.5. The highest BCUT2D eigenvalue weighted by Crippen LogP contribution is 1.94. The third-order valence-corrected chi connectivity index (χ3v) is 1.49. The van der Waals surface area contributed by atoms with Crippen LogP contribution in [0.15, 0.2) is 16.9 Å². The fraction of sp³-hybridized carbons (Fsp3) is 0.286. The third kappa shape index (κ3) is 3.44. The highest BCUT2D eigenvalue weighted by Gasteiger charge is 2.00. The van der Waals surface area contributed by atoms with Gasteiger partial charge in [0.25, 0.3) is 5.56 Å². The number of H-pyrrole nitrogens is 1. The molecular weight excluding hydrogens is 208 g/mol. The Kier molecular flexibility index (Phi) is 3.93. The molecule has 0 aliphatic carbocycles. The van der Waals surface area contributed by atoms with Crippen molar-refractivity contribution in [2.24, 2.45) is 0 Å². The zero-order valence-electron chi connectivity index (χ0n) is 7.21. The molecule has 0 unspecified atom stereocenters. The summed E-state index contributed by atoms with van der Waals surface area (Å²) in [5.41, 5.74) is -0.322. The molecule has 14 heavy (non-hydrogen) atoms. The summed E-state index contributed by atoms with van der Waals surface area (Å²) in [5.74, 6) is 0.614. The number of rotatable bonds is 3. The van der Waals surface area contributed by atoms with E-state index in [2.05, 4.69) is 20.8 Å². The Balaban J connectivity index is 2.48. The van der Waals surface area contributed by atoms with E-state index in [9.17, 15) is 9.59 Å². The largest absolute Gasteiger partial charge is 0.337 e. The Bertz CT molecular complexity index is 344. The van der Waals surface area contributed by atoms with Gasteiger partial charge in [0.1, 0.15) is 0 Å². The van der Waals surface area contributed by atoms with E-state index in [1.807, 2.05) is 0 Å². The molecular formula is C7H9ClN4O2. The maximum absolute atomic E-state index is 11.0. The second-order valence-electron chi connectivity index (χ2n) is 2.38. The van der Waals surface area contributed by atoms with E-state index in [4.69, 9.17) is 11.6 Å². The summed E-state index contributed by atoms with van der Waals surface area (Å²) >= 11 is 5.36. The first-order valence-electron chi connectivity index (χ1n) is 3.89. The van der Waals surface area contributed by atoms with Crippen molar-refractivity contribution in [3.8, 4) is 0 Å². The van der Waals surface area contributed by atoms with E-state index in [-0.39, 0.29) is 11.4 Å². The number of aromatic amines is 1. The standard InChI is InChI=1S/C7H9ClN4O2/c8-3-4-9-7(14)10-5-1-2-6(13)12-11-5/h1-2H,3-4H2,(H,12,13)(H2,9,10,11,14). The molecule has 1 aromatic rings. The van der Waals surface area contributed by atoms with Crippen molar-refractivity contribution < 1.29 is 4.79 Å². The molecule has 6 nitrogen and oxygen atoms in total. The molecule has 1 rings (SSSR count). The van der Waals surface area contributed by atoms with Gasteiger partial charge in [-0.1, -0.05) is 0 Å². The Morgan fingerprint density at radius 1 is 1.57 bits per heavy atom. The molecule has 3 N–H and O–H groups in total. The number of anilines is 1. The van der Waals surface area contributed by atoms with Crippen molar-refractivity contribution in [3.63, 3.8) is 0 Å². The summed E-state index contributed by atoms with van der Waals surface area (Å²) in [4.78, 5) is 21.7. The number of urea groups is 1. The van der Waals surface area contributed by atoms with Gasteiger partial charge in [-0.15, -0.1) is 11.6 Å². The first kappa shape index (κ1) is 10.5. The van der Waals surface area contributed by atoms with Gasteiger partial charge in [0.05, 0.1) is 0 Å². The molecule has 2 amide bonds. The third-order valence-electron chi connectivity index (χ3n) is 1.30. The highest BCUT2D eigenvalue weighted by molar-refractivity contribution is 6.18. The Morgan fingerprint density at radius 2 is 2.36 bits per heavy atom. The number of hydrogen-bond donors (Lipinski definition) is 3. The summed E-state index contributed by atoms with van der Waals surface area (Å²) in [5, 5.41) is 10.7. The van der Waals surface area contributed by atoms with Gasteiger partial charge in [-0.05, 0) is 6.07 Å². The van der Waals surface area contributed by atoms with E-state index in [0.717, 1.165) is 0 Å². The van der Waals surface area contributed by atoms with Gasteiger partial charge in [0.2, 0.25) is 0 Å². The summed E-state index contributed by atoms with van der Waals surface area (Å²) in [7, 11) is 0. The van der Waals surface area contributed by atoms with Gasteiger partial charge < -0.3 is 5.32 Å². The molecule has 0 aliphatic rings. The van der Waals surface area contributed by atoms with Gasteiger partial charge in [-0.25, -0.2) is 9.89 Å². The second kappa shape index (κ2) is 5.23. The predicted octanol–water partition coefficient (Wildman–Crippen LogP) is 0.130. The molecule has 1 heterocycles. The quantitative estimate of drug-likeness (QED) is 0.628. The van der Waals surface area contributed by atoms with Crippen LogP contribution in [0.5, 0.6) is 0 Å². The molecule has 0 fully saturated rings. The Hall–Kier alpha value is -1.56. The van der Waals surface area contributed by atoms with E-state index >= 15 is 0 Å². The molecule has 0 spiro atoms. The zero-order chi connectivity index (χ0) is 10.4. The minimum atomic E-state index is -0.412. The zero-order valence-corrected chi connectivity index (χ0v) is 7.97. The number of carbonyl (C=O) groups is 1. The second-order valence-corrected chi connectivity index (χ2v) is 2.75. The Morgan fingerprint density at radius 3 is 2.93 bits per heavy atom. The summed E-state index contributed by atoms with van der Waals surface area (Å²) in [6.07, 6.45) is 0. The van der Waals surface area contributed by atoms with Crippen molar-refractivity contribution in [1.82, 2.24) is 15.5 Å². The summed E-state index contributed by atoms with van der Waals surface area (Å²) in [6.45, 7) is 0.372. The average molecular weight is 217 g/mol. The van der Waals surface area contributed by atoms with Crippen LogP contribution in [0.4, 0.5) is 10.6 Å². The Labute approximate surface area is 84.7 Å². The molecule has 7 heteroatoms. The minimum absolute atomic E-state index is 0.275. The first-order valence-corrected chi connectivity index (χ1v) is 4.42. The molecule has 0 bridgehead atoms. The molecule has 76 valence electrons. The SMILES string of the molecule is O=C(NCCCl)Nc1ccc(=O)[nH]n1. The molecule has 0 atom stereocenters. The van der Waals surface area contributed by atoms with Gasteiger partial charge in [-0.2, -0.15) is 5.10 Å². The van der Waals surface area contributed by atoms with Crippen LogP contribution >= 0.6 is 11.6 Å². The van der Waals surface area contributed by atoms with Crippen molar-refractivity contribution in [2.75, 3.05) is 17.7 Å². The van der Waals surface area contributed by atoms with Gasteiger partial charge >= 0.3 is 6.03 Å².